The summed E-state index contributed by atoms with van der Waals surface area (Å²) in [5.41, 5.74) is 2.18. The number of rotatable bonds is 5. The van der Waals surface area contributed by atoms with Gasteiger partial charge in [-0.1, -0.05) is 35.5 Å². The molecule has 5 nitrogen and oxygen atoms in total. The minimum absolute atomic E-state index is 0.0845. The van der Waals surface area contributed by atoms with Crippen molar-refractivity contribution in [1.82, 2.24) is 5.16 Å². The average molecular weight is 342 g/mol. The molecular formula is C18H18N2O3S. The van der Waals surface area contributed by atoms with Crippen LogP contribution < -0.4 is 4.31 Å². The maximum atomic E-state index is 13.2. The summed E-state index contributed by atoms with van der Waals surface area (Å²) in [4.78, 5) is 0.252. The second-order valence-corrected chi connectivity index (χ2v) is 7.46. The molecule has 1 heterocycles. The van der Waals surface area contributed by atoms with E-state index in [0.29, 0.717) is 17.1 Å². The summed E-state index contributed by atoms with van der Waals surface area (Å²) in [5, 5.41) is 3.84. The zero-order chi connectivity index (χ0) is 17.2. The topological polar surface area (TPSA) is 63.4 Å². The van der Waals surface area contributed by atoms with E-state index in [2.05, 4.69) is 5.16 Å². The molecule has 1 aromatic heterocycles. The Hall–Kier alpha value is -2.60. The Kier molecular flexibility index (Phi) is 4.40. The van der Waals surface area contributed by atoms with Gasteiger partial charge in [-0.25, -0.2) is 8.42 Å². The molecule has 124 valence electrons. The molecule has 0 atom stereocenters. The van der Waals surface area contributed by atoms with Crippen molar-refractivity contribution in [2.24, 2.45) is 0 Å². The molecule has 24 heavy (non-hydrogen) atoms. The van der Waals surface area contributed by atoms with E-state index in [4.69, 9.17) is 4.52 Å². The number of hydrogen-bond acceptors (Lipinski definition) is 4. The van der Waals surface area contributed by atoms with Crippen LogP contribution in [0.4, 0.5) is 5.69 Å². The molecule has 0 bridgehead atoms. The zero-order valence-electron chi connectivity index (χ0n) is 13.5. The van der Waals surface area contributed by atoms with Gasteiger partial charge in [0, 0.05) is 6.07 Å². The quantitative estimate of drug-likeness (QED) is 0.709. The van der Waals surface area contributed by atoms with Gasteiger partial charge in [-0.3, -0.25) is 4.31 Å². The second-order valence-electron chi connectivity index (χ2n) is 5.60. The van der Waals surface area contributed by atoms with Crippen molar-refractivity contribution < 1.29 is 12.9 Å². The summed E-state index contributed by atoms with van der Waals surface area (Å²) < 4.78 is 32.9. The van der Waals surface area contributed by atoms with E-state index in [1.54, 1.807) is 55.5 Å². The maximum absolute atomic E-state index is 13.2. The van der Waals surface area contributed by atoms with Crippen molar-refractivity contribution in [2.45, 2.75) is 25.3 Å². The molecule has 3 aromatic rings. The van der Waals surface area contributed by atoms with Crippen LogP contribution in [0.1, 0.15) is 17.0 Å². The minimum Gasteiger partial charge on any atom is -0.359 e. The predicted octanol–water partition coefficient (Wildman–Crippen LogP) is 3.69. The fraction of sp³-hybridized carbons (Fsp3) is 0.167. The van der Waals surface area contributed by atoms with Crippen LogP contribution >= 0.6 is 0 Å². The van der Waals surface area contributed by atoms with Gasteiger partial charge in [0.1, 0.15) is 0 Å². The monoisotopic (exact) mass is 342 g/mol. The summed E-state index contributed by atoms with van der Waals surface area (Å²) >= 11 is 0. The number of para-hydroxylation sites is 1. The smallest absolute Gasteiger partial charge is 0.264 e. The third-order valence-corrected chi connectivity index (χ3v) is 5.37. The zero-order valence-corrected chi connectivity index (χ0v) is 14.3. The molecule has 3 rings (SSSR count). The van der Waals surface area contributed by atoms with E-state index in [9.17, 15) is 8.42 Å². The molecule has 2 aromatic carbocycles. The summed E-state index contributed by atoms with van der Waals surface area (Å²) in [7, 11) is -3.72. The van der Waals surface area contributed by atoms with Gasteiger partial charge in [0.15, 0.2) is 5.76 Å². The number of nitrogens with zero attached hydrogens (tertiary/aromatic N) is 2. The molecular weight excluding hydrogens is 324 g/mol. The highest BCUT2D eigenvalue weighted by atomic mass is 32.2. The molecule has 0 unspecified atom stereocenters. The van der Waals surface area contributed by atoms with Crippen LogP contribution in [0.3, 0.4) is 0 Å². The van der Waals surface area contributed by atoms with Crippen molar-refractivity contribution in [3.63, 3.8) is 0 Å². The Labute approximate surface area is 141 Å². The number of sulfonamides is 1. The average Bonchev–Trinajstić information content (AvgIpc) is 2.98. The molecule has 0 saturated heterocycles. The third kappa shape index (κ3) is 3.33. The van der Waals surface area contributed by atoms with Crippen molar-refractivity contribution in [2.75, 3.05) is 4.31 Å². The van der Waals surface area contributed by atoms with Crippen molar-refractivity contribution in [3.05, 3.63) is 77.7 Å². The van der Waals surface area contributed by atoms with Gasteiger partial charge in [-0.2, -0.15) is 0 Å². The Morgan fingerprint density at radius 2 is 1.75 bits per heavy atom. The number of hydrogen-bond donors (Lipinski definition) is 0. The first-order chi connectivity index (χ1) is 11.5. The van der Waals surface area contributed by atoms with Crippen molar-refractivity contribution >= 4 is 15.7 Å². The van der Waals surface area contributed by atoms with Gasteiger partial charge < -0.3 is 4.52 Å². The lowest BCUT2D eigenvalue weighted by Gasteiger charge is -2.23. The lowest BCUT2D eigenvalue weighted by atomic mass is 10.2. The molecule has 0 spiro atoms. The summed E-state index contributed by atoms with van der Waals surface area (Å²) in [6.07, 6.45) is 0. The first kappa shape index (κ1) is 16.3. The lowest BCUT2D eigenvalue weighted by molar-refractivity contribution is 0.381. The van der Waals surface area contributed by atoms with Gasteiger partial charge in [-0.05, 0) is 43.7 Å². The summed E-state index contributed by atoms with van der Waals surface area (Å²) in [6.45, 7) is 3.75. The van der Waals surface area contributed by atoms with E-state index >= 15 is 0 Å². The van der Waals surface area contributed by atoms with Crippen molar-refractivity contribution in [3.8, 4) is 0 Å². The normalized spacial score (nSPS) is 11.4. The number of anilines is 1. The molecule has 0 amide bonds. The molecule has 0 saturated carbocycles. The maximum Gasteiger partial charge on any atom is 0.264 e. The molecule has 0 aliphatic rings. The second kappa shape index (κ2) is 6.49. The van der Waals surface area contributed by atoms with Crippen LogP contribution in [-0.4, -0.2) is 13.6 Å². The van der Waals surface area contributed by atoms with E-state index in [1.807, 2.05) is 19.1 Å². The number of benzene rings is 2. The van der Waals surface area contributed by atoms with Crippen LogP contribution in [-0.2, 0) is 16.6 Å². The fourth-order valence-electron chi connectivity index (χ4n) is 2.44. The van der Waals surface area contributed by atoms with Crippen LogP contribution in [0.2, 0.25) is 0 Å². The van der Waals surface area contributed by atoms with Crippen LogP contribution in [0, 0.1) is 13.8 Å². The summed E-state index contributed by atoms with van der Waals surface area (Å²) in [5.74, 6) is 0.493. The highest BCUT2D eigenvalue weighted by Crippen LogP contribution is 2.26. The predicted molar refractivity (Wildman–Crippen MR) is 92.2 cm³/mol. The summed E-state index contributed by atoms with van der Waals surface area (Å²) in [6, 6.07) is 17.6. The highest BCUT2D eigenvalue weighted by molar-refractivity contribution is 7.92. The molecule has 0 aliphatic heterocycles. The van der Waals surface area contributed by atoms with Gasteiger partial charge in [0.2, 0.25) is 0 Å². The van der Waals surface area contributed by atoms with E-state index in [0.717, 1.165) is 5.56 Å². The minimum atomic E-state index is -3.72. The van der Waals surface area contributed by atoms with Crippen LogP contribution in [0.25, 0.3) is 0 Å². The van der Waals surface area contributed by atoms with Gasteiger partial charge in [0.25, 0.3) is 10.0 Å². The Balaban J connectivity index is 2.07. The lowest BCUT2D eigenvalue weighted by Crippen LogP contribution is -2.30. The Bertz CT molecular complexity index is 934. The van der Waals surface area contributed by atoms with E-state index < -0.39 is 10.0 Å². The van der Waals surface area contributed by atoms with Gasteiger partial charge >= 0.3 is 0 Å². The number of aryl methyl sites for hydroxylation is 2. The largest absolute Gasteiger partial charge is 0.359 e. The van der Waals surface area contributed by atoms with Gasteiger partial charge in [-0.15, -0.1) is 0 Å². The Morgan fingerprint density at radius 1 is 1.00 bits per heavy atom. The van der Waals surface area contributed by atoms with E-state index in [-0.39, 0.29) is 11.4 Å². The van der Waals surface area contributed by atoms with E-state index in [1.165, 1.54) is 4.31 Å². The molecule has 0 fully saturated rings. The standard InChI is InChI=1S/C18H18N2O3S/c1-14-7-6-10-18(11-14)24(21,22)20(16-8-4-3-5-9-16)13-17-12-15(2)19-23-17/h3-12H,13H2,1-2H3. The molecule has 0 N–H and O–H groups in total. The first-order valence-corrected chi connectivity index (χ1v) is 8.97. The van der Waals surface area contributed by atoms with Crippen LogP contribution in [0.15, 0.2) is 70.1 Å². The SMILES string of the molecule is Cc1cccc(S(=O)(=O)N(Cc2cc(C)no2)c2ccccc2)c1. The third-order valence-electron chi connectivity index (χ3n) is 3.60. The fourth-order valence-corrected chi connectivity index (χ4v) is 3.98. The highest BCUT2D eigenvalue weighted by Gasteiger charge is 2.26. The first-order valence-electron chi connectivity index (χ1n) is 7.53. The van der Waals surface area contributed by atoms with Crippen molar-refractivity contribution in [1.29, 1.82) is 0 Å². The van der Waals surface area contributed by atoms with Crippen LogP contribution in [0.5, 0.6) is 0 Å². The molecule has 6 heteroatoms. The number of aromatic nitrogens is 1. The molecule has 0 radical (unpaired) electrons. The van der Waals surface area contributed by atoms with Gasteiger partial charge in [0.05, 0.1) is 22.8 Å². The molecule has 0 aliphatic carbocycles. The Morgan fingerprint density at radius 3 is 2.38 bits per heavy atom.